The van der Waals surface area contributed by atoms with Crippen LogP contribution < -0.4 is 0 Å². The molecule has 2 heterocycles. The lowest BCUT2D eigenvalue weighted by Crippen LogP contribution is -2.56. The van der Waals surface area contributed by atoms with Gasteiger partial charge in [-0.3, -0.25) is 0 Å². The van der Waals surface area contributed by atoms with Gasteiger partial charge in [-0.1, -0.05) is 33.1 Å². The minimum Gasteiger partial charge on any atom is -0.410 e. The zero-order valence-electron chi connectivity index (χ0n) is 16.8. The first kappa shape index (κ1) is 18.8. The van der Waals surface area contributed by atoms with Gasteiger partial charge in [0.15, 0.2) is 0 Å². The average molecular weight is 336 g/mol. The second-order valence-corrected chi connectivity index (χ2v) is 10.1. The Morgan fingerprint density at radius 3 is 1.62 bits per heavy atom. The molecule has 1 aliphatic carbocycles. The monoisotopic (exact) mass is 336 g/mol. The quantitative estimate of drug-likeness (QED) is 0.703. The van der Waals surface area contributed by atoms with E-state index in [9.17, 15) is 0 Å². The van der Waals surface area contributed by atoms with Crippen LogP contribution in [0.3, 0.4) is 0 Å². The third-order valence-corrected chi connectivity index (χ3v) is 7.24. The maximum absolute atomic E-state index is 6.43. The van der Waals surface area contributed by atoms with Gasteiger partial charge in [-0.05, 0) is 53.2 Å². The van der Waals surface area contributed by atoms with E-state index in [1.807, 2.05) is 0 Å². The SMILES string of the molecule is CC1(C)COB(C2CCCC2B2OC(C)(C)C(C)(C)O2)OC1(C)C. The molecule has 1 saturated carbocycles. The largest absolute Gasteiger partial charge is 0.460 e. The fraction of sp³-hybridized carbons (Fsp3) is 1.00. The van der Waals surface area contributed by atoms with Crippen LogP contribution in [-0.2, 0) is 18.6 Å². The minimum absolute atomic E-state index is 0.0158. The summed E-state index contributed by atoms with van der Waals surface area (Å²) in [7, 11) is -0.313. The molecule has 2 saturated heterocycles. The molecule has 0 aromatic carbocycles. The molecule has 3 aliphatic rings. The van der Waals surface area contributed by atoms with Crippen molar-refractivity contribution in [2.24, 2.45) is 5.41 Å². The third kappa shape index (κ3) is 2.98. The fourth-order valence-electron chi connectivity index (χ4n) is 3.92. The van der Waals surface area contributed by atoms with Gasteiger partial charge in [-0.15, -0.1) is 0 Å². The van der Waals surface area contributed by atoms with E-state index >= 15 is 0 Å². The lowest BCUT2D eigenvalue weighted by molar-refractivity contribution is -0.100. The molecule has 4 nitrogen and oxygen atoms in total. The highest BCUT2D eigenvalue weighted by Gasteiger charge is 2.59. The van der Waals surface area contributed by atoms with Crippen LogP contribution in [0.15, 0.2) is 0 Å². The van der Waals surface area contributed by atoms with Crippen LogP contribution >= 0.6 is 0 Å². The summed E-state index contributed by atoms with van der Waals surface area (Å²) in [4.78, 5) is 0. The van der Waals surface area contributed by atoms with Crippen molar-refractivity contribution in [1.29, 1.82) is 0 Å². The first-order chi connectivity index (χ1) is 10.9. The smallest absolute Gasteiger partial charge is 0.410 e. The highest BCUT2D eigenvalue weighted by Crippen LogP contribution is 2.53. The Hall–Kier alpha value is -0.0301. The Bertz CT molecular complexity index is 473. The van der Waals surface area contributed by atoms with Crippen molar-refractivity contribution >= 4 is 14.2 Å². The van der Waals surface area contributed by atoms with E-state index < -0.39 is 0 Å². The molecule has 0 aromatic rings. The Balaban J connectivity index is 1.73. The summed E-state index contributed by atoms with van der Waals surface area (Å²) in [6.07, 6.45) is 3.43. The first-order valence-corrected chi connectivity index (χ1v) is 9.51. The molecule has 0 aromatic heterocycles. The van der Waals surface area contributed by atoms with Crippen molar-refractivity contribution in [3.05, 3.63) is 0 Å². The Morgan fingerprint density at radius 1 is 0.667 bits per heavy atom. The van der Waals surface area contributed by atoms with Crippen LogP contribution in [0.5, 0.6) is 0 Å². The molecule has 24 heavy (non-hydrogen) atoms. The topological polar surface area (TPSA) is 36.9 Å². The lowest BCUT2D eigenvalue weighted by atomic mass is 9.53. The number of hydrogen-bond acceptors (Lipinski definition) is 4. The molecule has 0 N–H and O–H groups in total. The van der Waals surface area contributed by atoms with E-state index in [-0.39, 0.29) is 36.5 Å². The fourth-order valence-corrected chi connectivity index (χ4v) is 3.92. The van der Waals surface area contributed by atoms with Gasteiger partial charge in [-0.2, -0.15) is 0 Å². The summed E-state index contributed by atoms with van der Waals surface area (Å²) in [6.45, 7) is 18.0. The maximum Gasteiger partial charge on any atom is 0.460 e. The summed E-state index contributed by atoms with van der Waals surface area (Å²) in [5.74, 6) is 0.683. The zero-order chi connectivity index (χ0) is 18.0. The van der Waals surface area contributed by atoms with Crippen LogP contribution in [0.4, 0.5) is 0 Å². The van der Waals surface area contributed by atoms with Gasteiger partial charge in [0.1, 0.15) is 0 Å². The molecule has 6 heteroatoms. The van der Waals surface area contributed by atoms with Crippen LogP contribution in [0, 0.1) is 5.41 Å². The van der Waals surface area contributed by atoms with E-state index in [4.69, 9.17) is 18.6 Å². The van der Waals surface area contributed by atoms with Crippen molar-refractivity contribution in [2.45, 2.75) is 103 Å². The summed E-state index contributed by atoms with van der Waals surface area (Å²) < 4.78 is 25.3. The Morgan fingerprint density at radius 2 is 1.12 bits per heavy atom. The van der Waals surface area contributed by atoms with Crippen molar-refractivity contribution in [1.82, 2.24) is 0 Å². The van der Waals surface area contributed by atoms with Gasteiger partial charge in [0.25, 0.3) is 0 Å². The molecule has 2 atom stereocenters. The van der Waals surface area contributed by atoms with Crippen LogP contribution in [0.25, 0.3) is 0 Å². The summed E-state index contributed by atoms with van der Waals surface area (Å²) in [5.41, 5.74) is -0.734. The van der Waals surface area contributed by atoms with E-state index in [2.05, 4.69) is 55.4 Å². The number of hydrogen-bond donors (Lipinski definition) is 0. The maximum atomic E-state index is 6.43. The van der Waals surface area contributed by atoms with Crippen molar-refractivity contribution < 1.29 is 18.6 Å². The summed E-state index contributed by atoms with van der Waals surface area (Å²) in [5, 5.41) is 0. The van der Waals surface area contributed by atoms with Crippen molar-refractivity contribution in [3.63, 3.8) is 0 Å². The van der Waals surface area contributed by atoms with Gasteiger partial charge in [0, 0.05) is 12.0 Å². The second kappa shape index (κ2) is 5.73. The highest BCUT2D eigenvalue weighted by molar-refractivity contribution is 6.54. The van der Waals surface area contributed by atoms with E-state index in [0.717, 1.165) is 19.4 Å². The molecule has 0 spiro atoms. The van der Waals surface area contributed by atoms with Gasteiger partial charge in [0.05, 0.1) is 16.8 Å². The van der Waals surface area contributed by atoms with Crippen molar-refractivity contribution in [2.75, 3.05) is 6.61 Å². The lowest BCUT2D eigenvalue weighted by Gasteiger charge is -2.49. The normalized spacial score (nSPS) is 37.0. The van der Waals surface area contributed by atoms with Gasteiger partial charge in [0.2, 0.25) is 0 Å². The third-order valence-electron chi connectivity index (χ3n) is 7.24. The van der Waals surface area contributed by atoms with Crippen LogP contribution in [0.1, 0.15) is 74.7 Å². The Labute approximate surface area is 148 Å². The van der Waals surface area contributed by atoms with Gasteiger partial charge < -0.3 is 18.6 Å². The van der Waals surface area contributed by atoms with Crippen LogP contribution in [-0.4, -0.2) is 37.6 Å². The first-order valence-electron chi connectivity index (χ1n) is 9.51. The van der Waals surface area contributed by atoms with Crippen molar-refractivity contribution in [3.8, 4) is 0 Å². The molecule has 2 unspecified atom stereocenters. The molecule has 0 radical (unpaired) electrons. The molecular formula is C18H34B2O4. The predicted octanol–water partition coefficient (Wildman–Crippen LogP) is 4.34. The standard InChI is InChI=1S/C18H34B2O4/c1-15(2)12-21-19(22-16(15,3)4)13-10-9-11-14(13)20-23-17(5,6)18(7,8)24-20/h13-14H,9-12H2,1-8H3. The highest BCUT2D eigenvalue weighted by atomic mass is 16.7. The van der Waals surface area contributed by atoms with E-state index in [0.29, 0.717) is 11.6 Å². The molecule has 136 valence electrons. The molecule has 3 rings (SSSR count). The van der Waals surface area contributed by atoms with E-state index in [1.165, 1.54) is 6.42 Å². The molecule has 0 amide bonds. The van der Waals surface area contributed by atoms with Crippen LogP contribution in [0.2, 0.25) is 11.6 Å². The molecular weight excluding hydrogens is 302 g/mol. The second-order valence-electron chi connectivity index (χ2n) is 10.1. The zero-order valence-corrected chi connectivity index (χ0v) is 16.8. The summed E-state index contributed by atoms with van der Waals surface area (Å²) >= 11 is 0. The van der Waals surface area contributed by atoms with Gasteiger partial charge in [-0.25, -0.2) is 0 Å². The van der Waals surface area contributed by atoms with E-state index in [1.54, 1.807) is 0 Å². The number of rotatable bonds is 2. The Kier molecular flexibility index (Phi) is 4.48. The molecule has 0 bridgehead atoms. The van der Waals surface area contributed by atoms with Gasteiger partial charge >= 0.3 is 14.2 Å². The molecule has 2 aliphatic heterocycles. The minimum atomic E-state index is -0.277. The molecule has 3 fully saturated rings. The summed E-state index contributed by atoms with van der Waals surface area (Å²) in [6, 6.07) is 0. The predicted molar refractivity (Wildman–Crippen MR) is 98.1 cm³/mol. The average Bonchev–Trinajstić information content (AvgIpc) is 2.96.